The van der Waals surface area contributed by atoms with E-state index in [1.165, 1.54) is 11.8 Å². The molecule has 0 unspecified atom stereocenters. The van der Waals surface area contributed by atoms with Gasteiger partial charge in [-0.1, -0.05) is 11.8 Å². The number of nitrogens with zero attached hydrogens (tertiary/aromatic N) is 3. The highest BCUT2D eigenvalue weighted by Gasteiger charge is 2.02. The summed E-state index contributed by atoms with van der Waals surface area (Å²) in [4.78, 5) is 10.7. The monoisotopic (exact) mass is 256 g/mol. The standard InChI is InChI=1S/C10H20N6S/c1-16(2)6-4-5-12-8-7-9(15-11)14-10(13-8)17-3/h7H,4-6,11H2,1-3H3,(H2,12,13,14,15). The van der Waals surface area contributed by atoms with E-state index in [0.29, 0.717) is 11.0 Å². The highest BCUT2D eigenvalue weighted by molar-refractivity contribution is 7.98. The summed E-state index contributed by atoms with van der Waals surface area (Å²) in [6.45, 7) is 1.93. The van der Waals surface area contributed by atoms with Gasteiger partial charge in [-0.3, -0.25) is 0 Å². The SMILES string of the molecule is CSc1nc(NN)cc(NCCCN(C)C)n1. The molecule has 6 nitrogen and oxygen atoms in total. The maximum absolute atomic E-state index is 5.35. The van der Waals surface area contributed by atoms with Crippen molar-refractivity contribution in [1.82, 2.24) is 14.9 Å². The molecule has 1 aromatic heterocycles. The van der Waals surface area contributed by atoms with Gasteiger partial charge < -0.3 is 15.6 Å². The lowest BCUT2D eigenvalue weighted by Gasteiger charge is -2.11. The smallest absolute Gasteiger partial charge is 0.191 e. The lowest BCUT2D eigenvalue weighted by molar-refractivity contribution is 0.405. The summed E-state index contributed by atoms with van der Waals surface area (Å²) in [7, 11) is 4.12. The second kappa shape index (κ2) is 7.31. The number of hydrogen-bond acceptors (Lipinski definition) is 7. The van der Waals surface area contributed by atoms with Crippen LogP contribution in [0.15, 0.2) is 11.2 Å². The second-order valence-corrected chi connectivity index (χ2v) is 4.63. The Labute approximate surface area is 106 Å². The molecule has 1 heterocycles. The zero-order valence-electron chi connectivity index (χ0n) is 10.5. The molecule has 0 atom stereocenters. The molecule has 96 valence electrons. The predicted molar refractivity (Wildman–Crippen MR) is 73.3 cm³/mol. The number of hydrogen-bond donors (Lipinski definition) is 3. The van der Waals surface area contributed by atoms with Gasteiger partial charge in [0.1, 0.15) is 11.6 Å². The van der Waals surface area contributed by atoms with Crippen LogP contribution in [0.3, 0.4) is 0 Å². The molecule has 0 spiro atoms. The Morgan fingerprint density at radius 2 is 2.06 bits per heavy atom. The lowest BCUT2D eigenvalue weighted by atomic mass is 10.4. The first-order valence-corrected chi connectivity index (χ1v) is 6.66. The molecule has 4 N–H and O–H groups in total. The molecule has 0 bridgehead atoms. The number of aromatic nitrogens is 2. The molecular weight excluding hydrogens is 236 g/mol. The van der Waals surface area contributed by atoms with E-state index in [9.17, 15) is 0 Å². The molecule has 0 radical (unpaired) electrons. The number of nitrogens with two attached hydrogens (primary N) is 1. The number of thioether (sulfide) groups is 1. The summed E-state index contributed by atoms with van der Waals surface area (Å²) in [5.41, 5.74) is 2.54. The molecule has 0 saturated heterocycles. The number of nitrogens with one attached hydrogen (secondary N) is 2. The topological polar surface area (TPSA) is 79.1 Å². The van der Waals surface area contributed by atoms with Crippen LogP contribution in [-0.2, 0) is 0 Å². The molecule has 0 aliphatic carbocycles. The van der Waals surface area contributed by atoms with Crippen molar-refractivity contribution in [1.29, 1.82) is 0 Å². The highest BCUT2D eigenvalue weighted by Crippen LogP contribution is 2.16. The molecule has 17 heavy (non-hydrogen) atoms. The minimum absolute atomic E-state index is 0.624. The zero-order valence-corrected chi connectivity index (χ0v) is 11.3. The molecule has 1 rings (SSSR count). The van der Waals surface area contributed by atoms with Gasteiger partial charge in [-0.25, -0.2) is 15.8 Å². The van der Waals surface area contributed by atoms with Crippen molar-refractivity contribution in [2.45, 2.75) is 11.6 Å². The van der Waals surface area contributed by atoms with Crippen molar-refractivity contribution >= 4 is 23.4 Å². The fourth-order valence-corrected chi connectivity index (χ4v) is 1.67. The van der Waals surface area contributed by atoms with Crippen LogP contribution in [0.5, 0.6) is 0 Å². The molecule has 0 saturated carbocycles. The van der Waals surface area contributed by atoms with E-state index in [4.69, 9.17) is 5.84 Å². The second-order valence-electron chi connectivity index (χ2n) is 3.85. The van der Waals surface area contributed by atoms with Crippen LogP contribution >= 0.6 is 11.8 Å². The Bertz CT molecular complexity index is 321. The minimum Gasteiger partial charge on any atom is -0.370 e. The van der Waals surface area contributed by atoms with Crippen LogP contribution in [0.4, 0.5) is 11.6 Å². The van der Waals surface area contributed by atoms with E-state index in [0.717, 1.165) is 25.3 Å². The molecule has 0 amide bonds. The summed E-state index contributed by atoms with van der Waals surface area (Å²) in [5.74, 6) is 6.78. The lowest BCUT2D eigenvalue weighted by Crippen LogP contribution is -2.17. The summed E-state index contributed by atoms with van der Waals surface area (Å²) in [6, 6.07) is 1.80. The molecular formula is C10H20N6S. The van der Waals surface area contributed by atoms with Crippen molar-refractivity contribution in [2.75, 3.05) is 44.2 Å². The summed E-state index contributed by atoms with van der Waals surface area (Å²) < 4.78 is 0. The maximum Gasteiger partial charge on any atom is 0.191 e. The van der Waals surface area contributed by atoms with Gasteiger partial charge in [-0.05, 0) is 33.3 Å². The van der Waals surface area contributed by atoms with Crippen molar-refractivity contribution in [2.24, 2.45) is 5.84 Å². The van der Waals surface area contributed by atoms with Crippen molar-refractivity contribution in [3.63, 3.8) is 0 Å². The van der Waals surface area contributed by atoms with E-state index in [2.05, 4.69) is 39.7 Å². The first-order valence-electron chi connectivity index (χ1n) is 5.44. The van der Waals surface area contributed by atoms with E-state index in [-0.39, 0.29) is 0 Å². The van der Waals surface area contributed by atoms with E-state index >= 15 is 0 Å². The maximum atomic E-state index is 5.35. The minimum atomic E-state index is 0.624. The average Bonchev–Trinajstić information content (AvgIpc) is 2.34. The van der Waals surface area contributed by atoms with Gasteiger partial charge in [-0.2, -0.15) is 0 Å². The van der Waals surface area contributed by atoms with Crippen LogP contribution in [0, 0.1) is 0 Å². The van der Waals surface area contributed by atoms with Gasteiger partial charge in [0.15, 0.2) is 5.16 Å². The Kier molecular flexibility index (Phi) is 6.03. The third-order valence-corrected chi connectivity index (χ3v) is 2.67. The summed E-state index contributed by atoms with van der Waals surface area (Å²) in [5, 5.41) is 3.97. The van der Waals surface area contributed by atoms with Gasteiger partial charge in [0, 0.05) is 12.6 Å². The predicted octanol–water partition coefficient (Wildman–Crippen LogP) is 0.848. The number of hydrazine groups is 1. The molecule has 0 aliphatic heterocycles. The number of anilines is 2. The van der Waals surface area contributed by atoms with Gasteiger partial charge in [0.2, 0.25) is 0 Å². The van der Waals surface area contributed by atoms with Gasteiger partial charge in [0.25, 0.3) is 0 Å². The first-order chi connectivity index (χ1) is 8.15. The van der Waals surface area contributed by atoms with Crippen molar-refractivity contribution < 1.29 is 0 Å². The number of rotatable bonds is 7. The Hall–Kier alpha value is -1.05. The third kappa shape index (κ3) is 5.20. The summed E-state index contributed by atoms with van der Waals surface area (Å²) in [6.07, 6.45) is 3.00. The first kappa shape index (κ1) is 14.0. The summed E-state index contributed by atoms with van der Waals surface area (Å²) >= 11 is 1.49. The van der Waals surface area contributed by atoms with E-state index in [1.54, 1.807) is 6.07 Å². The van der Waals surface area contributed by atoms with Crippen LogP contribution in [0.2, 0.25) is 0 Å². The molecule has 1 aromatic rings. The fraction of sp³-hybridized carbons (Fsp3) is 0.600. The van der Waals surface area contributed by atoms with Gasteiger partial charge in [-0.15, -0.1) is 0 Å². The quantitative estimate of drug-likeness (QED) is 0.219. The van der Waals surface area contributed by atoms with E-state index < -0.39 is 0 Å². The van der Waals surface area contributed by atoms with Crippen LogP contribution in [-0.4, -0.2) is 48.3 Å². The molecule has 0 aliphatic rings. The third-order valence-electron chi connectivity index (χ3n) is 2.12. The largest absolute Gasteiger partial charge is 0.370 e. The van der Waals surface area contributed by atoms with Gasteiger partial charge in [0.05, 0.1) is 0 Å². The Morgan fingerprint density at radius 3 is 2.65 bits per heavy atom. The zero-order chi connectivity index (χ0) is 12.7. The molecule has 0 fully saturated rings. The normalized spacial score (nSPS) is 10.6. The van der Waals surface area contributed by atoms with Crippen LogP contribution in [0.25, 0.3) is 0 Å². The number of nitrogen functional groups attached to an aromatic ring is 1. The van der Waals surface area contributed by atoms with E-state index in [1.807, 2.05) is 6.26 Å². The molecule has 7 heteroatoms. The average molecular weight is 256 g/mol. The fourth-order valence-electron chi connectivity index (χ4n) is 1.29. The van der Waals surface area contributed by atoms with Crippen molar-refractivity contribution in [3.8, 4) is 0 Å². The molecule has 0 aromatic carbocycles. The van der Waals surface area contributed by atoms with Crippen molar-refractivity contribution in [3.05, 3.63) is 6.07 Å². The Morgan fingerprint density at radius 1 is 1.35 bits per heavy atom. The van der Waals surface area contributed by atoms with Gasteiger partial charge >= 0.3 is 0 Å². The van der Waals surface area contributed by atoms with Crippen LogP contribution < -0.4 is 16.6 Å². The van der Waals surface area contributed by atoms with Crippen LogP contribution in [0.1, 0.15) is 6.42 Å². The highest BCUT2D eigenvalue weighted by atomic mass is 32.2. The Balaban J connectivity index is 2.51.